The van der Waals surface area contributed by atoms with Gasteiger partial charge in [0.1, 0.15) is 18.1 Å². The maximum Gasteiger partial charge on any atom is 0.215 e. The number of hydroxylamine groups is 2. The molecule has 11 heteroatoms. The number of rotatable bonds is 7. The highest BCUT2D eigenvalue weighted by Crippen LogP contribution is 2.29. The van der Waals surface area contributed by atoms with E-state index >= 15 is 0 Å². The van der Waals surface area contributed by atoms with E-state index in [1.54, 1.807) is 6.92 Å². The second kappa shape index (κ2) is 6.79. The van der Waals surface area contributed by atoms with Gasteiger partial charge < -0.3 is 10.4 Å². The van der Waals surface area contributed by atoms with Crippen LogP contribution in [0.15, 0.2) is 10.5 Å². The van der Waals surface area contributed by atoms with Crippen LogP contribution in [0, 0.1) is 26.1 Å². The van der Waals surface area contributed by atoms with E-state index in [1.807, 2.05) is 5.34 Å². The smallest absolute Gasteiger partial charge is 0.215 e. The van der Waals surface area contributed by atoms with Crippen molar-refractivity contribution in [3.05, 3.63) is 20.2 Å². The van der Waals surface area contributed by atoms with Gasteiger partial charge in [-0.05, 0) is 0 Å². The van der Waals surface area contributed by atoms with Gasteiger partial charge in [0.15, 0.2) is 0 Å². The monoisotopic (exact) mass is 279 g/mol. The van der Waals surface area contributed by atoms with Gasteiger partial charge in [-0.25, -0.2) is 10.1 Å². The number of nitrogens with zero attached hydrogens (tertiary/aromatic N) is 3. The lowest BCUT2D eigenvalue weighted by atomic mass is 10.0. The minimum absolute atomic E-state index is 0.189. The molecular formula is C8H17N5O6. The molecule has 0 radical (unpaired) electrons. The summed E-state index contributed by atoms with van der Waals surface area (Å²) in [5.41, 5.74) is 0. The Morgan fingerprint density at radius 2 is 2.00 bits per heavy atom. The molecule has 0 aromatic carbocycles. The van der Waals surface area contributed by atoms with Crippen LogP contribution in [0.1, 0.15) is 13.3 Å². The average molecular weight is 279 g/mol. The zero-order valence-electron chi connectivity index (χ0n) is 10.8. The largest absolute Gasteiger partial charge is 0.600 e. The predicted molar refractivity (Wildman–Crippen MR) is 61.3 cm³/mol. The molecule has 1 rings (SSSR count). The van der Waals surface area contributed by atoms with Crippen molar-refractivity contribution in [2.75, 3.05) is 14.2 Å². The van der Waals surface area contributed by atoms with E-state index in [2.05, 4.69) is 15.0 Å². The van der Waals surface area contributed by atoms with Crippen LogP contribution in [0.4, 0.5) is 0 Å². The summed E-state index contributed by atoms with van der Waals surface area (Å²) in [7, 11) is 2.58. The first kappa shape index (κ1) is 15.8. The number of nitroso groups, excluding NO2 is 1. The predicted octanol–water partition coefficient (Wildman–Crippen LogP) is -2.31. The van der Waals surface area contributed by atoms with Crippen molar-refractivity contribution in [2.45, 2.75) is 31.5 Å². The molecule has 11 nitrogen and oxygen atoms in total. The summed E-state index contributed by atoms with van der Waals surface area (Å²) in [5.74, 6) is -0.356. The van der Waals surface area contributed by atoms with E-state index in [-0.39, 0.29) is 12.3 Å². The summed E-state index contributed by atoms with van der Waals surface area (Å²) in [6.45, 7) is 1.69. The molecule has 0 amide bonds. The van der Waals surface area contributed by atoms with Crippen molar-refractivity contribution in [1.29, 1.82) is 0 Å². The molecule has 0 bridgehead atoms. The van der Waals surface area contributed by atoms with E-state index in [9.17, 15) is 20.2 Å². The Hall–Kier alpha value is -1.24. The Bertz CT molecular complexity index is 320. The Morgan fingerprint density at radius 3 is 2.47 bits per heavy atom. The van der Waals surface area contributed by atoms with Gasteiger partial charge in [0.05, 0.1) is 7.11 Å². The van der Waals surface area contributed by atoms with Crippen LogP contribution in [-0.4, -0.2) is 37.3 Å². The van der Waals surface area contributed by atoms with Crippen LogP contribution in [0.5, 0.6) is 0 Å². The molecule has 19 heavy (non-hydrogen) atoms. The molecule has 0 aromatic heterocycles. The molecule has 0 heterocycles. The minimum Gasteiger partial charge on any atom is -0.600 e. The van der Waals surface area contributed by atoms with Crippen molar-refractivity contribution < 1.29 is 20.3 Å². The SMILES string of the molecule is CO[NH+]([O-])C1CC(N=O)C(C)C1N(C)[NH+]([O-])ON=O. The van der Waals surface area contributed by atoms with Gasteiger partial charge in [-0.3, -0.25) is 0 Å². The molecule has 0 aliphatic heterocycles. The third-order valence-electron chi connectivity index (χ3n) is 3.54. The van der Waals surface area contributed by atoms with Crippen molar-refractivity contribution in [3.63, 3.8) is 0 Å². The van der Waals surface area contributed by atoms with Crippen molar-refractivity contribution in [2.24, 2.45) is 16.4 Å². The fraction of sp³-hybridized carbons (Fsp3) is 1.00. The fourth-order valence-corrected chi connectivity index (χ4v) is 2.57. The molecular weight excluding hydrogens is 262 g/mol. The van der Waals surface area contributed by atoms with Crippen molar-refractivity contribution in [3.8, 4) is 0 Å². The van der Waals surface area contributed by atoms with Gasteiger partial charge in [0, 0.05) is 19.4 Å². The maximum atomic E-state index is 11.7. The summed E-state index contributed by atoms with van der Waals surface area (Å²) in [4.78, 5) is 29.3. The standard InChI is InChI=1S/C8H17N5O6/c1-5-6(9-14)4-7(12(16)18-3)8(5)11(2)13(17)19-10-15/h5-8,12-13H,4H2,1-3H3. The van der Waals surface area contributed by atoms with E-state index in [0.717, 1.165) is 5.01 Å². The van der Waals surface area contributed by atoms with Gasteiger partial charge >= 0.3 is 0 Å². The van der Waals surface area contributed by atoms with Crippen molar-refractivity contribution >= 4 is 0 Å². The number of quaternary nitrogens is 2. The molecule has 0 spiro atoms. The van der Waals surface area contributed by atoms with Crippen LogP contribution < -0.4 is 10.6 Å². The highest BCUT2D eigenvalue weighted by atomic mass is 17.0. The summed E-state index contributed by atoms with van der Waals surface area (Å²) < 4.78 is 0. The van der Waals surface area contributed by atoms with E-state index in [0.29, 0.717) is 0 Å². The summed E-state index contributed by atoms with van der Waals surface area (Å²) in [6, 6.07) is -1.93. The lowest BCUT2D eigenvalue weighted by molar-refractivity contribution is -1.15. The third kappa shape index (κ3) is 3.20. The number of hydrogen-bond donors (Lipinski definition) is 2. The normalized spacial score (nSPS) is 34.0. The molecule has 0 aromatic rings. The van der Waals surface area contributed by atoms with Gasteiger partial charge in [0.25, 0.3) is 0 Å². The highest BCUT2D eigenvalue weighted by molar-refractivity contribution is 4.96. The molecule has 1 aliphatic carbocycles. The van der Waals surface area contributed by atoms with Gasteiger partial charge in [-0.1, -0.05) is 17.4 Å². The lowest BCUT2D eigenvalue weighted by Crippen LogP contribution is -3.17. The lowest BCUT2D eigenvalue weighted by Gasteiger charge is -2.36. The number of likely N-dealkylation sites (N-methyl/N-ethyl adjacent to an activating group) is 1. The molecule has 110 valence electrons. The topological polar surface area (TPSA) is 136 Å². The summed E-state index contributed by atoms with van der Waals surface area (Å²) >= 11 is 0. The summed E-state index contributed by atoms with van der Waals surface area (Å²) in [6.07, 6.45) is 0.189. The second-order valence-corrected chi connectivity index (χ2v) is 4.43. The van der Waals surface area contributed by atoms with Gasteiger partial charge in [-0.15, -0.1) is 14.9 Å². The van der Waals surface area contributed by atoms with Crippen LogP contribution in [0.3, 0.4) is 0 Å². The van der Waals surface area contributed by atoms with Crippen LogP contribution in [0.2, 0.25) is 0 Å². The Labute approximate surface area is 109 Å². The van der Waals surface area contributed by atoms with Crippen LogP contribution in [0.25, 0.3) is 0 Å². The van der Waals surface area contributed by atoms with Crippen molar-refractivity contribution in [1.82, 2.24) is 5.01 Å². The quantitative estimate of drug-likeness (QED) is 0.394. The molecule has 6 unspecified atom stereocenters. The molecule has 2 N–H and O–H groups in total. The van der Waals surface area contributed by atoms with E-state index < -0.39 is 28.7 Å². The Balaban J connectivity index is 2.90. The first-order chi connectivity index (χ1) is 8.97. The summed E-state index contributed by atoms with van der Waals surface area (Å²) in [5, 5.41) is 27.7. The first-order valence-corrected chi connectivity index (χ1v) is 5.64. The van der Waals surface area contributed by atoms with Gasteiger partial charge in [-0.2, -0.15) is 4.91 Å². The number of hydrogen-bond acceptors (Lipinski definition) is 9. The third-order valence-corrected chi connectivity index (χ3v) is 3.54. The fourth-order valence-electron chi connectivity index (χ4n) is 2.57. The van der Waals surface area contributed by atoms with Crippen LogP contribution >= 0.6 is 0 Å². The average Bonchev–Trinajstić information content (AvgIpc) is 2.74. The minimum atomic E-state index is -0.993. The van der Waals surface area contributed by atoms with Gasteiger partial charge in [0.2, 0.25) is 5.34 Å². The first-order valence-electron chi connectivity index (χ1n) is 5.64. The zero-order valence-corrected chi connectivity index (χ0v) is 10.8. The molecule has 6 atom stereocenters. The highest BCUT2D eigenvalue weighted by Gasteiger charge is 2.50. The Morgan fingerprint density at radius 1 is 1.37 bits per heavy atom. The molecule has 1 saturated carbocycles. The molecule has 1 aliphatic rings. The molecule has 1 fully saturated rings. The van der Waals surface area contributed by atoms with E-state index in [4.69, 9.17) is 0 Å². The Kier molecular flexibility index (Phi) is 5.65. The molecule has 0 saturated heterocycles. The second-order valence-electron chi connectivity index (χ2n) is 4.43. The maximum absolute atomic E-state index is 11.7. The zero-order chi connectivity index (χ0) is 14.6. The van der Waals surface area contributed by atoms with Crippen LogP contribution in [-0.2, 0) is 9.78 Å². The number of nitrogens with one attached hydrogen (secondary N) is 2. The van der Waals surface area contributed by atoms with E-state index in [1.165, 1.54) is 14.2 Å².